The predicted molar refractivity (Wildman–Crippen MR) is 41.5 cm³/mol. The first-order valence-corrected chi connectivity index (χ1v) is 2.83. The number of carbonyl (C=O) groups is 1. The summed E-state index contributed by atoms with van der Waals surface area (Å²) < 4.78 is 4.85. The van der Waals surface area contributed by atoms with Gasteiger partial charge in [0.1, 0.15) is 5.56 Å². The van der Waals surface area contributed by atoms with E-state index in [4.69, 9.17) is 9.84 Å². The number of carboxylic acids is 1. The Bertz CT molecular complexity index is 317. The zero-order chi connectivity index (χ0) is 7.14. The molecule has 1 aliphatic rings. The van der Waals surface area contributed by atoms with Crippen molar-refractivity contribution < 1.29 is 17.5 Å². The van der Waals surface area contributed by atoms with Gasteiger partial charge in [0.2, 0.25) is 0 Å². The minimum Gasteiger partial charge on any atom is -1.00 e. The van der Waals surface area contributed by atoms with E-state index < -0.39 is 5.97 Å². The SMILES string of the molecule is O=C(O)c1cccc2c1O2.[H-].[H-].[Sr+2]. The molecule has 0 spiro atoms. The topological polar surface area (TPSA) is 49.8 Å². The van der Waals surface area contributed by atoms with Gasteiger partial charge in [-0.05, 0) is 12.1 Å². The molecule has 0 aliphatic carbocycles. The van der Waals surface area contributed by atoms with Crippen LogP contribution >= 0.6 is 0 Å². The summed E-state index contributed by atoms with van der Waals surface area (Å²) in [5, 5.41) is 8.52. The fraction of sp³-hybridized carbons (Fsp3) is 0. The van der Waals surface area contributed by atoms with Crippen molar-refractivity contribution in [3.63, 3.8) is 0 Å². The van der Waals surface area contributed by atoms with Crippen molar-refractivity contribution in [3.05, 3.63) is 23.8 Å². The number of hydrogen-bond donors (Lipinski definition) is 1. The van der Waals surface area contributed by atoms with Crippen LogP contribution in [0.1, 0.15) is 13.2 Å². The largest absolute Gasteiger partial charge is 2.00 e. The zero-order valence-electron chi connectivity index (χ0n) is 7.70. The monoisotopic (exact) mass is 226 g/mol. The Morgan fingerprint density at radius 2 is 2.27 bits per heavy atom. The van der Waals surface area contributed by atoms with Gasteiger partial charge < -0.3 is 12.7 Å². The van der Waals surface area contributed by atoms with E-state index in [-0.39, 0.29) is 53.9 Å². The van der Waals surface area contributed by atoms with Crippen LogP contribution in [-0.2, 0) is 0 Å². The third-order valence-corrected chi connectivity index (χ3v) is 1.38. The van der Waals surface area contributed by atoms with Gasteiger partial charge in [0.15, 0.2) is 11.5 Å². The zero-order valence-corrected chi connectivity index (χ0v) is 9.18. The fourth-order valence-electron chi connectivity index (χ4n) is 0.858. The first-order chi connectivity index (χ1) is 4.79. The van der Waals surface area contributed by atoms with E-state index in [1.165, 1.54) is 6.07 Å². The molecule has 11 heavy (non-hydrogen) atoms. The number of fused-ring (bicyclic) bond motifs is 1. The Balaban J connectivity index is 0. The molecule has 1 aliphatic heterocycles. The van der Waals surface area contributed by atoms with Crippen LogP contribution in [0.25, 0.3) is 0 Å². The first-order valence-electron chi connectivity index (χ1n) is 2.83. The molecular weight excluding hydrogens is 220 g/mol. The van der Waals surface area contributed by atoms with E-state index in [0.717, 1.165) is 0 Å². The van der Waals surface area contributed by atoms with Crippen molar-refractivity contribution in [2.45, 2.75) is 0 Å². The van der Waals surface area contributed by atoms with Crippen molar-refractivity contribution in [3.8, 4) is 11.5 Å². The van der Waals surface area contributed by atoms with E-state index in [2.05, 4.69) is 0 Å². The number of hydrogen-bond acceptors (Lipinski definition) is 2. The number of aromatic carboxylic acids is 1. The second-order valence-corrected chi connectivity index (χ2v) is 2.04. The van der Waals surface area contributed by atoms with Crippen LogP contribution in [0.15, 0.2) is 18.2 Å². The first kappa shape index (κ1) is 9.06. The minimum atomic E-state index is -0.936. The average molecular weight is 226 g/mol. The summed E-state index contributed by atoms with van der Waals surface area (Å²) in [5.41, 5.74) is 0.248. The van der Waals surface area contributed by atoms with Gasteiger partial charge in [-0.3, -0.25) is 0 Å². The Hall–Kier alpha value is -0.0295. The number of carboxylic acid groups (broad SMARTS) is 1. The van der Waals surface area contributed by atoms with Gasteiger partial charge in [0.05, 0.1) is 0 Å². The van der Waals surface area contributed by atoms with Crippen LogP contribution < -0.4 is 4.74 Å². The average Bonchev–Trinajstić information content (AvgIpc) is 2.63. The molecule has 1 N–H and O–H groups in total. The van der Waals surface area contributed by atoms with Gasteiger partial charge in [0, 0.05) is 0 Å². The Morgan fingerprint density at radius 3 is 2.82 bits per heavy atom. The molecule has 0 saturated carbocycles. The quantitative estimate of drug-likeness (QED) is 0.589. The van der Waals surface area contributed by atoms with Gasteiger partial charge in [-0.15, -0.1) is 0 Å². The predicted octanol–water partition coefficient (Wildman–Crippen LogP) is 1.33. The molecule has 3 nitrogen and oxygen atoms in total. The van der Waals surface area contributed by atoms with E-state index in [1.807, 2.05) is 0 Å². The maximum atomic E-state index is 10.4. The summed E-state index contributed by atoms with van der Waals surface area (Å²) in [5.74, 6) is 0.254. The maximum absolute atomic E-state index is 10.4. The fourth-order valence-corrected chi connectivity index (χ4v) is 0.858. The molecule has 0 amide bonds. The summed E-state index contributed by atoms with van der Waals surface area (Å²) in [6, 6.07) is 4.92. The van der Waals surface area contributed by atoms with Crippen LogP contribution in [0.2, 0.25) is 0 Å². The molecule has 0 saturated heterocycles. The third kappa shape index (κ3) is 1.59. The maximum Gasteiger partial charge on any atom is 2.00 e. The van der Waals surface area contributed by atoms with Gasteiger partial charge >= 0.3 is 51.5 Å². The van der Waals surface area contributed by atoms with Crippen LogP contribution in [0.4, 0.5) is 0 Å². The molecule has 0 atom stereocenters. The molecule has 4 heteroatoms. The molecule has 1 aromatic carbocycles. The molecule has 2 rings (SSSR count). The Labute approximate surface area is 103 Å². The van der Waals surface area contributed by atoms with Crippen molar-refractivity contribution in [1.29, 1.82) is 0 Å². The van der Waals surface area contributed by atoms with Crippen molar-refractivity contribution >= 4 is 51.5 Å². The van der Waals surface area contributed by atoms with Gasteiger partial charge in [-0.2, -0.15) is 0 Å². The van der Waals surface area contributed by atoms with E-state index in [1.54, 1.807) is 12.1 Å². The molecule has 0 fully saturated rings. The molecule has 0 unspecified atom stereocenters. The van der Waals surface area contributed by atoms with E-state index in [0.29, 0.717) is 11.5 Å². The summed E-state index contributed by atoms with van der Waals surface area (Å²) in [6.45, 7) is 0. The van der Waals surface area contributed by atoms with E-state index >= 15 is 0 Å². The van der Waals surface area contributed by atoms with Gasteiger partial charge in [-0.1, -0.05) is 6.07 Å². The smallest absolute Gasteiger partial charge is 1.00 e. The second kappa shape index (κ2) is 3.15. The normalized spacial score (nSPS) is 10.5. The second-order valence-electron chi connectivity index (χ2n) is 2.04. The van der Waals surface area contributed by atoms with E-state index in [9.17, 15) is 4.79 Å². The number of benzene rings is 1. The van der Waals surface area contributed by atoms with Crippen molar-refractivity contribution in [1.82, 2.24) is 0 Å². The standard InChI is InChI=1S/C7H4O3.Sr.2H/c8-7(9)4-2-1-3-5-6(4)10-5;;;/h1-3H,(H,8,9);;;/q;+2;2*-1. The number of ether oxygens (including phenoxy) is 1. The number of rotatable bonds is 1. The summed E-state index contributed by atoms with van der Waals surface area (Å²) in [6.07, 6.45) is 0. The minimum absolute atomic E-state index is 0. The molecule has 0 aromatic heterocycles. The molecule has 0 bridgehead atoms. The molecule has 1 heterocycles. The van der Waals surface area contributed by atoms with Crippen LogP contribution in [-0.4, -0.2) is 56.6 Å². The Morgan fingerprint density at radius 1 is 1.55 bits per heavy atom. The summed E-state index contributed by atoms with van der Waals surface area (Å²) in [7, 11) is 0. The third-order valence-electron chi connectivity index (χ3n) is 1.38. The summed E-state index contributed by atoms with van der Waals surface area (Å²) in [4.78, 5) is 10.4. The molecule has 1 aromatic rings. The van der Waals surface area contributed by atoms with Crippen molar-refractivity contribution in [2.24, 2.45) is 0 Å². The van der Waals surface area contributed by atoms with Crippen LogP contribution in [0, 0.1) is 0 Å². The molecular formula is C7H6O3Sr. The molecule has 0 radical (unpaired) electrons. The molecule has 54 valence electrons. The van der Waals surface area contributed by atoms with Crippen LogP contribution in [0.5, 0.6) is 11.5 Å². The van der Waals surface area contributed by atoms with Gasteiger partial charge in [0.25, 0.3) is 0 Å². The van der Waals surface area contributed by atoms with Crippen LogP contribution in [0.3, 0.4) is 0 Å². The van der Waals surface area contributed by atoms with Crippen molar-refractivity contribution in [2.75, 3.05) is 0 Å². The van der Waals surface area contributed by atoms with Gasteiger partial charge in [-0.25, -0.2) is 4.79 Å². The summed E-state index contributed by atoms with van der Waals surface area (Å²) >= 11 is 0. The Kier molecular flexibility index (Phi) is 2.59. The number of para-hydroxylation sites is 1.